The van der Waals surface area contributed by atoms with Crippen molar-refractivity contribution >= 4 is 33.7 Å². The van der Waals surface area contributed by atoms with Crippen LogP contribution in [-0.2, 0) is 13.6 Å². The van der Waals surface area contributed by atoms with Crippen molar-refractivity contribution in [1.82, 2.24) is 29.5 Å². The monoisotopic (exact) mass is 414 g/mol. The van der Waals surface area contributed by atoms with Crippen LogP contribution in [-0.4, -0.2) is 35.7 Å². The van der Waals surface area contributed by atoms with Crippen molar-refractivity contribution in [2.24, 2.45) is 7.05 Å². The van der Waals surface area contributed by atoms with Gasteiger partial charge in [-0.1, -0.05) is 0 Å². The lowest BCUT2D eigenvalue weighted by atomic mass is 10.2. The zero-order chi connectivity index (χ0) is 21.5. The number of aryl methyl sites for hydroxylation is 1. The third-order valence-corrected chi connectivity index (χ3v) is 5.20. The van der Waals surface area contributed by atoms with Crippen molar-refractivity contribution in [3.63, 3.8) is 0 Å². The number of anilines is 1. The van der Waals surface area contributed by atoms with Gasteiger partial charge in [0, 0.05) is 48.2 Å². The Morgan fingerprint density at radius 1 is 1.23 bits per heavy atom. The number of aromatic amines is 1. The van der Waals surface area contributed by atoms with Crippen LogP contribution >= 0.6 is 0 Å². The van der Waals surface area contributed by atoms with Crippen molar-refractivity contribution in [1.29, 1.82) is 5.41 Å². The average molecular weight is 414 g/mol. The molecule has 0 bridgehead atoms. The molecular weight excluding hydrogens is 396 g/mol. The molecule has 4 heterocycles. The summed E-state index contributed by atoms with van der Waals surface area (Å²) in [6.45, 7) is 0.304. The standard InChI is InChI=1S/C21H18N8O2/c1-28-18-8-13(31-20-15(9-22)17(23)5-6-24-20)2-3-14(18)16-10-26-29(21(30)19(16)28)11-12-4-7-25-27-12/h2-10,22H,11H2,1H3,(H2,23,24)(H,25,27). The minimum atomic E-state index is -0.197. The highest BCUT2D eigenvalue weighted by Crippen LogP contribution is 2.31. The number of hydrogen-bond acceptors (Lipinski definition) is 7. The van der Waals surface area contributed by atoms with Crippen molar-refractivity contribution in [2.75, 3.05) is 5.73 Å². The summed E-state index contributed by atoms with van der Waals surface area (Å²) >= 11 is 0. The van der Waals surface area contributed by atoms with Gasteiger partial charge in [0.05, 0.1) is 29.5 Å². The molecule has 0 aliphatic carbocycles. The van der Waals surface area contributed by atoms with Gasteiger partial charge in [0.2, 0.25) is 5.88 Å². The minimum Gasteiger partial charge on any atom is -0.438 e. The molecular formula is C21H18N8O2. The number of nitrogens with one attached hydrogen (secondary N) is 2. The Hall–Kier alpha value is -4.47. The van der Waals surface area contributed by atoms with Crippen molar-refractivity contribution < 1.29 is 4.74 Å². The van der Waals surface area contributed by atoms with E-state index in [-0.39, 0.29) is 11.4 Å². The zero-order valence-corrected chi connectivity index (χ0v) is 16.5. The zero-order valence-electron chi connectivity index (χ0n) is 16.5. The molecule has 0 fully saturated rings. The summed E-state index contributed by atoms with van der Waals surface area (Å²) < 4.78 is 9.13. The normalized spacial score (nSPS) is 11.3. The van der Waals surface area contributed by atoms with Crippen LogP contribution in [0.25, 0.3) is 21.8 Å². The van der Waals surface area contributed by atoms with Gasteiger partial charge in [0.1, 0.15) is 11.3 Å². The molecule has 0 amide bonds. The van der Waals surface area contributed by atoms with E-state index in [0.29, 0.717) is 29.1 Å². The molecule has 31 heavy (non-hydrogen) atoms. The van der Waals surface area contributed by atoms with E-state index >= 15 is 0 Å². The number of nitrogens with two attached hydrogens (primary N) is 1. The van der Waals surface area contributed by atoms with Crippen LogP contribution in [0.3, 0.4) is 0 Å². The minimum absolute atomic E-state index is 0.197. The second-order valence-electron chi connectivity index (χ2n) is 7.05. The number of ether oxygens (including phenoxy) is 1. The molecule has 0 unspecified atom stereocenters. The smallest absolute Gasteiger partial charge is 0.291 e. The molecule has 0 radical (unpaired) electrons. The summed E-state index contributed by atoms with van der Waals surface area (Å²) in [7, 11) is 1.83. The SMILES string of the molecule is Cn1c2cc(Oc3nccc(N)c3C=N)ccc2c2cnn(Cc3ccn[nH]3)c(=O)c21. The third kappa shape index (κ3) is 3.01. The van der Waals surface area contributed by atoms with Gasteiger partial charge in [-0.2, -0.15) is 10.2 Å². The number of H-pyrrole nitrogens is 1. The predicted octanol–water partition coefficient (Wildman–Crippen LogP) is 2.43. The Balaban J connectivity index is 1.61. The maximum Gasteiger partial charge on any atom is 0.291 e. The Morgan fingerprint density at radius 3 is 2.87 bits per heavy atom. The average Bonchev–Trinajstić information content (AvgIpc) is 3.37. The number of fused-ring (bicyclic) bond motifs is 3. The second-order valence-corrected chi connectivity index (χ2v) is 7.05. The summed E-state index contributed by atoms with van der Waals surface area (Å²) in [4.78, 5) is 17.3. The van der Waals surface area contributed by atoms with Crippen molar-refractivity contribution in [3.05, 3.63) is 70.5 Å². The van der Waals surface area contributed by atoms with Crippen molar-refractivity contribution in [3.8, 4) is 11.6 Å². The van der Waals surface area contributed by atoms with Gasteiger partial charge in [-0.05, 0) is 24.3 Å². The van der Waals surface area contributed by atoms with Crippen molar-refractivity contribution in [2.45, 2.75) is 6.54 Å². The van der Waals surface area contributed by atoms with E-state index in [1.807, 2.05) is 23.7 Å². The Bertz CT molecular complexity index is 1500. The summed E-state index contributed by atoms with van der Waals surface area (Å²) in [5.74, 6) is 0.766. The van der Waals surface area contributed by atoms with Crippen LogP contribution in [0.2, 0.25) is 0 Å². The van der Waals surface area contributed by atoms with E-state index in [4.69, 9.17) is 15.9 Å². The van der Waals surface area contributed by atoms with Crippen LogP contribution in [0, 0.1) is 5.41 Å². The molecule has 0 spiro atoms. The first kappa shape index (κ1) is 18.6. The lowest BCUT2D eigenvalue weighted by Crippen LogP contribution is -2.24. The number of rotatable bonds is 5. The Labute approximate surface area is 175 Å². The number of hydrogen-bond donors (Lipinski definition) is 3. The molecule has 0 saturated heterocycles. The highest BCUT2D eigenvalue weighted by atomic mass is 16.5. The first-order valence-electron chi connectivity index (χ1n) is 9.46. The molecule has 0 atom stereocenters. The van der Waals surface area contributed by atoms with E-state index in [2.05, 4.69) is 20.3 Å². The maximum absolute atomic E-state index is 13.1. The number of pyridine rings is 1. The van der Waals surface area contributed by atoms with Gasteiger partial charge < -0.3 is 20.4 Å². The topological polar surface area (TPSA) is 140 Å². The Morgan fingerprint density at radius 2 is 2.10 bits per heavy atom. The van der Waals surface area contributed by atoms with Gasteiger partial charge in [-0.25, -0.2) is 9.67 Å². The quantitative estimate of drug-likeness (QED) is 0.377. The van der Waals surface area contributed by atoms with Gasteiger partial charge in [-0.3, -0.25) is 9.89 Å². The molecule has 154 valence electrons. The molecule has 4 N–H and O–H groups in total. The molecule has 4 aromatic heterocycles. The number of aromatic nitrogens is 6. The second kappa shape index (κ2) is 7.10. The fourth-order valence-electron chi connectivity index (χ4n) is 3.65. The molecule has 5 rings (SSSR count). The van der Waals surface area contributed by atoms with Crippen LogP contribution in [0.15, 0.2) is 53.7 Å². The molecule has 5 aromatic rings. The highest BCUT2D eigenvalue weighted by molar-refractivity contribution is 6.07. The van der Waals surface area contributed by atoms with Gasteiger partial charge >= 0.3 is 0 Å². The Kier molecular flexibility index (Phi) is 4.25. The fourth-order valence-corrected chi connectivity index (χ4v) is 3.65. The van der Waals surface area contributed by atoms with Gasteiger partial charge in [0.25, 0.3) is 5.56 Å². The van der Waals surface area contributed by atoms with E-state index in [0.717, 1.165) is 28.2 Å². The molecule has 10 nitrogen and oxygen atoms in total. The van der Waals surface area contributed by atoms with E-state index in [1.54, 1.807) is 30.6 Å². The van der Waals surface area contributed by atoms with Crippen LogP contribution in [0.5, 0.6) is 11.6 Å². The first-order chi connectivity index (χ1) is 15.1. The summed E-state index contributed by atoms with van der Waals surface area (Å²) in [6.07, 6.45) is 5.97. The molecule has 10 heteroatoms. The number of nitrogen functional groups attached to an aromatic ring is 1. The van der Waals surface area contributed by atoms with Crippen LogP contribution in [0.4, 0.5) is 5.69 Å². The van der Waals surface area contributed by atoms with E-state index in [9.17, 15) is 4.79 Å². The van der Waals surface area contributed by atoms with Gasteiger partial charge in [0.15, 0.2) is 0 Å². The van der Waals surface area contributed by atoms with Crippen LogP contribution in [0.1, 0.15) is 11.3 Å². The summed E-state index contributed by atoms with van der Waals surface area (Å²) in [5.41, 5.74) is 8.68. The molecule has 0 aliphatic rings. The van der Waals surface area contributed by atoms with Gasteiger partial charge in [-0.15, -0.1) is 0 Å². The van der Waals surface area contributed by atoms with Crippen LogP contribution < -0.4 is 16.0 Å². The predicted molar refractivity (Wildman–Crippen MR) is 117 cm³/mol. The molecule has 0 saturated carbocycles. The lowest BCUT2D eigenvalue weighted by Gasteiger charge is -2.09. The lowest BCUT2D eigenvalue weighted by molar-refractivity contribution is 0.463. The van der Waals surface area contributed by atoms with E-state index < -0.39 is 0 Å². The largest absolute Gasteiger partial charge is 0.438 e. The fraction of sp³-hybridized carbons (Fsp3) is 0.0952. The molecule has 1 aromatic carbocycles. The number of nitrogens with zero attached hydrogens (tertiary/aromatic N) is 5. The molecule has 0 aliphatic heterocycles. The first-order valence-corrected chi connectivity index (χ1v) is 9.46. The summed E-state index contributed by atoms with van der Waals surface area (Å²) in [6, 6.07) is 8.91. The highest BCUT2D eigenvalue weighted by Gasteiger charge is 2.16. The van der Waals surface area contributed by atoms with E-state index in [1.165, 1.54) is 10.9 Å². The number of benzene rings is 1. The summed E-state index contributed by atoms with van der Waals surface area (Å²) in [5, 5.41) is 20.3. The maximum atomic E-state index is 13.1. The third-order valence-electron chi connectivity index (χ3n) is 5.20.